The van der Waals surface area contributed by atoms with Crippen molar-refractivity contribution in [3.05, 3.63) is 83.4 Å². The van der Waals surface area contributed by atoms with Crippen molar-refractivity contribution >= 4 is 23.0 Å². The molecule has 2 N–H and O–H groups in total. The third-order valence-electron chi connectivity index (χ3n) is 3.93. The first-order valence-electron chi connectivity index (χ1n) is 8.23. The van der Waals surface area contributed by atoms with Gasteiger partial charge in [-0.15, -0.1) is 0 Å². The Labute approximate surface area is 154 Å². The van der Waals surface area contributed by atoms with Gasteiger partial charge in [0.15, 0.2) is 17.5 Å². The molecule has 138 valence electrons. The maximum atomic E-state index is 13.7. The molecule has 2 aromatic carbocycles. The summed E-state index contributed by atoms with van der Waals surface area (Å²) in [6.45, 7) is 2.06. The predicted molar refractivity (Wildman–Crippen MR) is 97.6 cm³/mol. The summed E-state index contributed by atoms with van der Waals surface area (Å²) in [5.74, 6) is -5.12. The summed E-state index contributed by atoms with van der Waals surface area (Å²) in [4.78, 5) is 16.3. The molecule has 0 fully saturated rings. The Bertz CT molecular complexity index is 975. The van der Waals surface area contributed by atoms with Crippen LogP contribution in [0.25, 0.3) is 0 Å². The molecule has 1 aromatic heterocycles. The van der Waals surface area contributed by atoms with Gasteiger partial charge in [-0.25, -0.2) is 13.2 Å². The van der Waals surface area contributed by atoms with Gasteiger partial charge in [-0.3, -0.25) is 9.78 Å². The highest BCUT2D eigenvalue weighted by atomic mass is 19.2. The first-order valence-corrected chi connectivity index (χ1v) is 8.23. The number of anilines is 3. The molecule has 0 aliphatic rings. The van der Waals surface area contributed by atoms with Gasteiger partial charge in [0.2, 0.25) is 0 Å². The van der Waals surface area contributed by atoms with Crippen LogP contribution in [0.3, 0.4) is 0 Å². The Morgan fingerprint density at radius 3 is 2.41 bits per heavy atom. The van der Waals surface area contributed by atoms with Crippen molar-refractivity contribution in [2.24, 2.45) is 0 Å². The van der Waals surface area contributed by atoms with E-state index in [4.69, 9.17) is 0 Å². The van der Waals surface area contributed by atoms with E-state index in [-0.39, 0.29) is 5.56 Å². The average Bonchev–Trinajstić information content (AvgIpc) is 2.69. The summed E-state index contributed by atoms with van der Waals surface area (Å²) < 4.78 is 40.0. The van der Waals surface area contributed by atoms with Gasteiger partial charge in [-0.05, 0) is 42.3 Å². The van der Waals surface area contributed by atoms with E-state index in [0.717, 1.165) is 24.2 Å². The molecule has 0 bridgehead atoms. The molecule has 0 aliphatic heterocycles. The molecule has 7 heteroatoms. The van der Waals surface area contributed by atoms with Crippen molar-refractivity contribution in [1.82, 2.24) is 4.98 Å². The highest BCUT2D eigenvalue weighted by molar-refractivity contribution is 6.04. The van der Waals surface area contributed by atoms with Crippen LogP contribution < -0.4 is 10.6 Å². The second-order valence-corrected chi connectivity index (χ2v) is 5.81. The average molecular weight is 371 g/mol. The van der Waals surface area contributed by atoms with Gasteiger partial charge in [0.1, 0.15) is 0 Å². The van der Waals surface area contributed by atoms with Crippen molar-refractivity contribution in [2.45, 2.75) is 13.3 Å². The number of carbonyl (C=O) groups excluding carboxylic acids is 1. The largest absolute Gasteiger partial charge is 0.354 e. The molecule has 0 atom stereocenters. The fourth-order valence-corrected chi connectivity index (χ4v) is 2.44. The summed E-state index contributed by atoms with van der Waals surface area (Å²) in [5, 5.41) is 5.33. The Kier molecular flexibility index (Phi) is 5.40. The van der Waals surface area contributed by atoms with Crippen LogP contribution in [-0.4, -0.2) is 10.9 Å². The van der Waals surface area contributed by atoms with Crippen LogP contribution in [-0.2, 0) is 6.42 Å². The molecule has 1 amide bonds. The Balaban J connectivity index is 1.76. The van der Waals surface area contributed by atoms with Gasteiger partial charge in [0.25, 0.3) is 5.91 Å². The summed E-state index contributed by atoms with van der Waals surface area (Å²) >= 11 is 0. The van der Waals surface area contributed by atoms with Crippen LogP contribution in [0, 0.1) is 17.5 Å². The van der Waals surface area contributed by atoms with Crippen LogP contribution in [0.5, 0.6) is 0 Å². The second kappa shape index (κ2) is 7.90. The molecule has 0 unspecified atom stereocenters. The number of carbonyl (C=O) groups is 1. The van der Waals surface area contributed by atoms with Gasteiger partial charge >= 0.3 is 0 Å². The number of benzene rings is 2. The normalized spacial score (nSPS) is 10.5. The van der Waals surface area contributed by atoms with Crippen LogP contribution in [0.1, 0.15) is 22.8 Å². The van der Waals surface area contributed by atoms with Gasteiger partial charge in [0, 0.05) is 11.9 Å². The minimum atomic E-state index is -1.64. The second-order valence-electron chi connectivity index (χ2n) is 5.81. The predicted octanol–water partition coefficient (Wildman–Crippen LogP) is 5.06. The van der Waals surface area contributed by atoms with Crippen LogP contribution >= 0.6 is 0 Å². The molecule has 3 aromatic rings. The number of nitrogens with one attached hydrogen (secondary N) is 2. The number of amides is 1. The standard InChI is InChI=1S/C20H16F3N3O/c1-2-12-3-5-14(6-4-12)25-15-9-13(10-24-11-15)20(27)26-17-8-7-16(21)18(22)19(17)23/h3-11,25H,2H2,1H3,(H,26,27). The van der Waals surface area contributed by atoms with Gasteiger partial charge in [0.05, 0.1) is 23.1 Å². The topological polar surface area (TPSA) is 54.0 Å². The van der Waals surface area contributed by atoms with Crippen molar-refractivity contribution in [2.75, 3.05) is 10.6 Å². The van der Waals surface area contributed by atoms with Crippen LogP contribution in [0.2, 0.25) is 0 Å². The molecule has 0 saturated heterocycles. The highest BCUT2D eigenvalue weighted by Crippen LogP contribution is 2.21. The lowest BCUT2D eigenvalue weighted by atomic mass is 10.1. The Hall–Kier alpha value is -3.35. The van der Waals surface area contributed by atoms with Crippen LogP contribution in [0.15, 0.2) is 54.9 Å². The van der Waals surface area contributed by atoms with Gasteiger partial charge < -0.3 is 10.6 Å². The fourth-order valence-electron chi connectivity index (χ4n) is 2.44. The lowest BCUT2D eigenvalue weighted by Gasteiger charge is -2.10. The third-order valence-corrected chi connectivity index (χ3v) is 3.93. The zero-order valence-electron chi connectivity index (χ0n) is 14.4. The lowest BCUT2D eigenvalue weighted by Crippen LogP contribution is -2.14. The number of pyridine rings is 1. The van der Waals surface area contributed by atoms with E-state index in [0.29, 0.717) is 5.69 Å². The van der Waals surface area contributed by atoms with Crippen molar-refractivity contribution in [3.63, 3.8) is 0 Å². The van der Waals surface area contributed by atoms with E-state index < -0.39 is 29.0 Å². The SMILES string of the molecule is CCc1ccc(Nc2cncc(C(=O)Nc3ccc(F)c(F)c3F)c2)cc1. The number of hydrogen-bond donors (Lipinski definition) is 2. The maximum absolute atomic E-state index is 13.7. The van der Waals surface area contributed by atoms with E-state index in [1.54, 1.807) is 0 Å². The van der Waals surface area contributed by atoms with Crippen LogP contribution in [0.4, 0.5) is 30.2 Å². The molecule has 1 heterocycles. The summed E-state index contributed by atoms with van der Waals surface area (Å²) in [5.41, 5.74) is 2.25. The molecular weight excluding hydrogens is 355 g/mol. The number of hydrogen-bond acceptors (Lipinski definition) is 3. The monoisotopic (exact) mass is 371 g/mol. The number of rotatable bonds is 5. The smallest absolute Gasteiger partial charge is 0.257 e. The zero-order chi connectivity index (χ0) is 19.4. The van der Waals surface area contributed by atoms with E-state index in [1.165, 1.54) is 24.0 Å². The summed E-state index contributed by atoms with van der Waals surface area (Å²) in [6.07, 6.45) is 3.75. The molecule has 3 rings (SSSR count). The highest BCUT2D eigenvalue weighted by Gasteiger charge is 2.16. The third kappa shape index (κ3) is 4.25. The van der Waals surface area contributed by atoms with E-state index >= 15 is 0 Å². The van der Waals surface area contributed by atoms with E-state index in [2.05, 4.69) is 22.5 Å². The summed E-state index contributed by atoms with van der Waals surface area (Å²) in [7, 11) is 0. The molecule has 0 saturated carbocycles. The van der Waals surface area contributed by atoms with Crippen molar-refractivity contribution in [3.8, 4) is 0 Å². The first-order chi connectivity index (χ1) is 13.0. The lowest BCUT2D eigenvalue weighted by molar-refractivity contribution is 0.102. The number of aromatic nitrogens is 1. The minimum absolute atomic E-state index is 0.134. The van der Waals surface area contributed by atoms with Gasteiger partial charge in [-0.2, -0.15) is 0 Å². The molecular formula is C20H16F3N3O. The maximum Gasteiger partial charge on any atom is 0.257 e. The quantitative estimate of drug-likeness (QED) is 0.617. The first kappa shape index (κ1) is 18.4. The molecule has 0 radical (unpaired) electrons. The fraction of sp³-hybridized carbons (Fsp3) is 0.100. The number of halogens is 3. The van der Waals surface area contributed by atoms with Crippen molar-refractivity contribution in [1.29, 1.82) is 0 Å². The van der Waals surface area contributed by atoms with Crippen molar-refractivity contribution < 1.29 is 18.0 Å². The molecule has 4 nitrogen and oxygen atoms in total. The van der Waals surface area contributed by atoms with E-state index in [9.17, 15) is 18.0 Å². The van der Waals surface area contributed by atoms with E-state index in [1.807, 2.05) is 24.3 Å². The molecule has 0 aliphatic carbocycles. The zero-order valence-corrected chi connectivity index (χ0v) is 14.4. The molecule has 0 spiro atoms. The van der Waals surface area contributed by atoms with Gasteiger partial charge in [-0.1, -0.05) is 19.1 Å². The number of nitrogens with zero attached hydrogens (tertiary/aromatic N) is 1. The minimum Gasteiger partial charge on any atom is -0.354 e. The Morgan fingerprint density at radius 1 is 0.963 bits per heavy atom. The number of aryl methyl sites for hydroxylation is 1. The molecule has 27 heavy (non-hydrogen) atoms. The Morgan fingerprint density at radius 2 is 1.70 bits per heavy atom. The summed E-state index contributed by atoms with van der Waals surface area (Å²) in [6, 6.07) is 11.0.